The summed E-state index contributed by atoms with van der Waals surface area (Å²) in [5, 5.41) is 8.63. The van der Waals surface area contributed by atoms with E-state index in [4.69, 9.17) is 9.84 Å². The fraction of sp³-hybridized carbons (Fsp3) is 0.889. The summed E-state index contributed by atoms with van der Waals surface area (Å²) in [5.74, 6) is -1.10. The number of carbonyl (C=O) groups excluding carboxylic acids is 1. The first kappa shape index (κ1) is 13.2. The van der Waals surface area contributed by atoms with Crippen molar-refractivity contribution < 1.29 is 27.8 Å². The molecule has 0 aliphatic carbocycles. The number of amides is 1. The molecule has 0 aromatic carbocycles. The molecule has 1 N–H and O–H groups in total. The van der Waals surface area contributed by atoms with Crippen LogP contribution < -0.4 is 0 Å². The van der Waals surface area contributed by atoms with E-state index in [2.05, 4.69) is 0 Å². The van der Waals surface area contributed by atoms with Gasteiger partial charge in [-0.1, -0.05) is 0 Å². The van der Waals surface area contributed by atoms with Crippen LogP contribution in [-0.4, -0.2) is 55.0 Å². The Labute approximate surface area is 91.0 Å². The van der Waals surface area contributed by atoms with Gasteiger partial charge in [-0.2, -0.15) is 13.2 Å². The zero-order valence-electron chi connectivity index (χ0n) is 8.66. The minimum atomic E-state index is -4.44. The maximum Gasteiger partial charge on any atom is 0.406 e. The fourth-order valence-electron chi connectivity index (χ4n) is 1.59. The lowest BCUT2D eigenvalue weighted by Gasteiger charge is -2.25. The minimum absolute atomic E-state index is 0.165. The standard InChI is InChI=1S/C9H14F3NO3/c10-9(11,12)6-13(2-3-14)8(15)7-1-4-16-5-7/h7,14H,1-6H2. The third-order valence-electron chi connectivity index (χ3n) is 2.33. The Morgan fingerprint density at radius 2 is 2.19 bits per heavy atom. The molecule has 7 heteroatoms. The molecule has 1 fully saturated rings. The predicted molar refractivity (Wildman–Crippen MR) is 48.6 cm³/mol. The van der Waals surface area contributed by atoms with Crippen LogP contribution in [-0.2, 0) is 9.53 Å². The molecular weight excluding hydrogens is 227 g/mol. The van der Waals surface area contributed by atoms with E-state index in [9.17, 15) is 18.0 Å². The molecule has 1 atom stereocenters. The van der Waals surface area contributed by atoms with Gasteiger partial charge in [0.1, 0.15) is 6.54 Å². The molecule has 0 radical (unpaired) electrons. The molecule has 1 aliphatic heterocycles. The molecule has 16 heavy (non-hydrogen) atoms. The van der Waals surface area contributed by atoms with Gasteiger partial charge in [-0.15, -0.1) is 0 Å². The summed E-state index contributed by atoms with van der Waals surface area (Å²) < 4.78 is 41.5. The highest BCUT2D eigenvalue weighted by molar-refractivity contribution is 5.79. The Bertz CT molecular complexity index is 239. The van der Waals surface area contributed by atoms with Crippen molar-refractivity contribution in [3.63, 3.8) is 0 Å². The van der Waals surface area contributed by atoms with E-state index in [0.29, 0.717) is 17.9 Å². The number of hydrogen-bond acceptors (Lipinski definition) is 3. The third-order valence-corrected chi connectivity index (χ3v) is 2.33. The van der Waals surface area contributed by atoms with Gasteiger partial charge in [0.15, 0.2) is 0 Å². The molecule has 0 saturated carbocycles. The summed E-state index contributed by atoms with van der Waals surface area (Å²) in [6.45, 7) is -1.53. The SMILES string of the molecule is O=C(C1CCOC1)N(CCO)CC(F)(F)F. The summed E-state index contributed by atoms with van der Waals surface area (Å²) >= 11 is 0. The molecule has 0 spiro atoms. The number of rotatable bonds is 4. The van der Waals surface area contributed by atoms with Gasteiger partial charge < -0.3 is 14.7 Å². The van der Waals surface area contributed by atoms with Gasteiger partial charge >= 0.3 is 6.18 Å². The number of nitrogens with zero attached hydrogens (tertiary/aromatic N) is 1. The molecular formula is C9H14F3NO3. The van der Waals surface area contributed by atoms with Gasteiger partial charge in [-0.25, -0.2) is 0 Å². The number of alkyl halides is 3. The lowest BCUT2D eigenvalue weighted by Crippen LogP contribution is -2.43. The summed E-state index contributed by atoms with van der Waals surface area (Å²) in [7, 11) is 0. The van der Waals surface area contributed by atoms with Crippen molar-refractivity contribution in [2.45, 2.75) is 12.6 Å². The number of carbonyl (C=O) groups is 1. The second-order valence-corrected chi connectivity index (χ2v) is 3.66. The Hall–Kier alpha value is -0.820. The molecule has 1 saturated heterocycles. The fourth-order valence-corrected chi connectivity index (χ4v) is 1.59. The van der Waals surface area contributed by atoms with Crippen molar-refractivity contribution in [1.29, 1.82) is 0 Å². The summed E-state index contributed by atoms with van der Waals surface area (Å²) in [4.78, 5) is 12.3. The molecule has 1 heterocycles. The summed E-state index contributed by atoms with van der Waals surface area (Å²) in [6, 6.07) is 0. The van der Waals surface area contributed by atoms with Crippen LogP contribution in [0.5, 0.6) is 0 Å². The van der Waals surface area contributed by atoms with Gasteiger partial charge in [0.05, 0.1) is 19.1 Å². The molecule has 1 unspecified atom stereocenters. The molecule has 0 aromatic rings. The van der Waals surface area contributed by atoms with Gasteiger partial charge in [0, 0.05) is 13.2 Å². The van der Waals surface area contributed by atoms with E-state index in [1.165, 1.54) is 0 Å². The maximum atomic E-state index is 12.2. The number of aliphatic hydroxyl groups is 1. The molecule has 4 nitrogen and oxygen atoms in total. The average Bonchev–Trinajstić information content (AvgIpc) is 2.66. The van der Waals surface area contributed by atoms with Gasteiger partial charge in [-0.05, 0) is 6.42 Å². The first-order valence-corrected chi connectivity index (χ1v) is 4.98. The van der Waals surface area contributed by atoms with Gasteiger partial charge in [0.25, 0.3) is 0 Å². The van der Waals surface area contributed by atoms with E-state index >= 15 is 0 Å². The second kappa shape index (κ2) is 5.49. The second-order valence-electron chi connectivity index (χ2n) is 3.66. The molecule has 1 amide bonds. The number of halogens is 3. The van der Waals surface area contributed by atoms with Crippen LogP contribution in [0.4, 0.5) is 13.2 Å². The quantitative estimate of drug-likeness (QED) is 0.775. The van der Waals surface area contributed by atoms with E-state index in [1.807, 2.05) is 0 Å². The highest BCUT2D eigenvalue weighted by Gasteiger charge is 2.36. The lowest BCUT2D eigenvalue weighted by atomic mass is 10.1. The smallest absolute Gasteiger partial charge is 0.395 e. The van der Waals surface area contributed by atoms with Crippen molar-refractivity contribution in [2.24, 2.45) is 5.92 Å². The Morgan fingerprint density at radius 3 is 2.62 bits per heavy atom. The molecule has 0 bridgehead atoms. The van der Waals surface area contributed by atoms with Crippen molar-refractivity contribution >= 4 is 5.91 Å². The Balaban J connectivity index is 2.57. The highest BCUT2D eigenvalue weighted by Crippen LogP contribution is 2.20. The van der Waals surface area contributed by atoms with Crippen LogP contribution in [0.1, 0.15) is 6.42 Å². The number of ether oxygens (including phenoxy) is 1. The molecule has 1 aliphatic rings. The van der Waals surface area contributed by atoms with Gasteiger partial charge in [0.2, 0.25) is 5.91 Å². The monoisotopic (exact) mass is 241 g/mol. The number of aliphatic hydroxyl groups excluding tert-OH is 1. The lowest BCUT2D eigenvalue weighted by molar-refractivity contribution is -0.164. The molecule has 0 aromatic heterocycles. The van der Waals surface area contributed by atoms with Crippen molar-refractivity contribution in [1.82, 2.24) is 4.90 Å². The van der Waals surface area contributed by atoms with E-state index in [-0.39, 0.29) is 13.2 Å². The van der Waals surface area contributed by atoms with Gasteiger partial charge in [-0.3, -0.25) is 4.79 Å². The average molecular weight is 241 g/mol. The predicted octanol–water partition coefficient (Wildman–Crippen LogP) is 0.406. The van der Waals surface area contributed by atoms with E-state index in [0.717, 1.165) is 0 Å². The van der Waals surface area contributed by atoms with Crippen LogP contribution in [0.15, 0.2) is 0 Å². The summed E-state index contributed by atoms with van der Waals surface area (Å²) in [6.07, 6.45) is -4.00. The maximum absolute atomic E-state index is 12.2. The largest absolute Gasteiger partial charge is 0.406 e. The first-order chi connectivity index (χ1) is 7.44. The van der Waals surface area contributed by atoms with Crippen LogP contribution in [0.2, 0.25) is 0 Å². The zero-order chi connectivity index (χ0) is 12.2. The van der Waals surface area contributed by atoms with Crippen molar-refractivity contribution in [2.75, 3.05) is 32.9 Å². The third kappa shape index (κ3) is 3.97. The Kier molecular flexibility index (Phi) is 4.55. The normalized spacial score (nSPS) is 21.1. The molecule has 94 valence electrons. The van der Waals surface area contributed by atoms with E-state index < -0.39 is 31.2 Å². The zero-order valence-corrected chi connectivity index (χ0v) is 8.66. The van der Waals surface area contributed by atoms with Crippen LogP contribution >= 0.6 is 0 Å². The molecule has 1 rings (SSSR count). The summed E-state index contributed by atoms with van der Waals surface area (Å²) in [5.41, 5.74) is 0. The van der Waals surface area contributed by atoms with Crippen molar-refractivity contribution in [3.05, 3.63) is 0 Å². The highest BCUT2D eigenvalue weighted by atomic mass is 19.4. The topological polar surface area (TPSA) is 49.8 Å². The Morgan fingerprint density at radius 1 is 1.50 bits per heavy atom. The van der Waals surface area contributed by atoms with Crippen molar-refractivity contribution in [3.8, 4) is 0 Å². The first-order valence-electron chi connectivity index (χ1n) is 4.98. The number of hydrogen-bond donors (Lipinski definition) is 1. The van der Waals surface area contributed by atoms with E-state index in [1.54, 1.807) is 0 Å². The minimum Gasteiger partial charge on any atom is -0.395 e. The van der Waals surface area contributed by atoms with Crippen LogP contribution in [0.25, 0.3) is 0 Å². The van der Waals surface area contributed by atoms with Crippen LogP contribution in [0, 0.1) is 5.92 Å². The van der Waals surface area contributed by atoms with Crippen LogP contribution in [0.3, 0.4) is 0 Å².